The van der Waals surface area contributed by atoms with E-state index in [2.05, 4.69) is 14.9 Å². The Balaban J connectivity index is 1.55. The van der Waals surface area contributed by atoms with Gasteiger partial charge >= 0.3 is 0 Å². The quantitative estimate of drug-likeness (QED) is 0.800. The number of nitrogens with zero attached hydrogens (tertiary/aromatic N) is 2. The maximum atomic E-state index is 12.2. The fourth-order valence-electron chi connectivity index (χ4n) is 3.08. The molecule has 0 atom stereocenters. The molecule has 5 nitrogen and oxygen atoms in total. The molecular formula is C18H23N3O2S. The second-order valence-electron chi connectivity index (χ2n) is 5.98. The van der Waals surface area contributed by atoms with Gasteiger partial charge in [-0.1, -0.05) is 37.1 Å². The molecule has 0 unspecified atom stereocenters. The molecule has 0 radical (unpaired) electrons. The molecule has 128 valence electrons. The summed E-state index contributed by atoms with van der Waals surface area (Å²) in [6.45, 7) is 0. The van der Waals surface area contributed by atoms with Gasteiger partial charge in [-0.2, -0.15) is 0 Å². The van der Waals surface area contributed by atoms with Crippen LogP contribution in [0.4, 0.5) is 5.69 Å². The number of thioether (sulfide) groups is 1. The number of anilines is 1. The van der Waals surface area contributed by atoms with Gasteiger partial charge in [-0.25, -0.2) is 4.98 Å². The van der Waals surface area contributed by atoms with E-state index in [1.54, 1.807) is 7.11 Å². The van der Waals surface area contributed by atoms with Crippen molar-refractivity contribution in [1.82, 2.24) is 9.55 Å². The Hall–Kier alpha value is -1.95. The van der Waals surface area contributed by atoms with Crippen molar-refractivity contribution >= 4 is 23.4 Å². The van der Waals surface area contributed by atoms with Crippen molar-refractivity contribution in [2.45, 2.75) is 43.3 Å². The van der Waals surface area contributed by atoms with Gasteiger partial charge in [0.2, 0.25) is 5.91 Å². The van der Waals surface area contributed by atoms with Crippen LogP contribution < -0.4 is 10.1 Å². The van der Waals surface area contributed by atoms with Crippen LogP contribution in [0.15, 0.2) is 41.8 Å². The average Bonchev–Trinajstić information content (AvgIpc) is 3.09. The van der Waals surface area contributed by atoms with Crippen LogP contribution in [0.1, 0.15) is 38.1 Å². The van der Waals surface area contributed by atoms with Gasteiger partial charge in [-0.15, -0.1) is 0 Å². The molecule has 0 spiro atoms. The molecule has 0 saturated heterocycles. The minimum atomic E-state index is -0.0357. The lowest BCUT2D eigenvalue weighted by Crippen LogP contribution is -2.16. The maximum Gasteiger partial charge on any atom is 0.234 e. The van der Waals surface area contributed by atoms with Crippen molar-refractivity contribution < 1.29 is 9.53 Å². The summed E-state index contributed by atoms with van der Waals surface area (Å²) in [6, 6.07) is 7.91. The highest BCUT2D eigenvalue weighted by atomic mass is 32.2. The second kappa shape index (κ2) is 8.24. The van der Waals surface area contributed by atoms with Gasteiger partial charge in [0.05, 0.1) is 12.9 Å². The third-order valence-electron chi connectivity index (χ3n) is 4.29. The smallest absolute Gasteiger partial charge is 0.234 e. The SMILES string of the molecule is COc1cccc(NC(=O)CSc2nccn2C2CCCCC2)c1. The van der Waals surface area contributed by atoms with E-state index in [1.165, 1.54) is 43.9 Å². The molecule has 6 heteroatoms. The molecule has 1 fully saturated rings. The summed E-state index contributed by atoms with van der Waals surface area (Å²) < 4.78 is 7.41. The third-order valence-corrected chi connectivity index (χ3v) is 5.27. The molecule has 0 bridgehead atoms. The van der Waals surface area contributed by atoms with Gasteiger partial charge in [-0.05, 0) is 25.0 Å². The highest BCUT2D eigenvalue weighted by molar-refractivity contribution is 7.99. The second-order valence-corrected chi connectivity index (χ2v) is 6.92. The van der Waals surface area contributed by atoms with E-state index < -0.39 is 0 Å². The van der Waals surface area contributed by atoms with Crippen molar-refractivity contribution in [3.8, 4) is 5.75 Å². The molecule has 1 heterocycles. The highest BCUT2D eigenvalue weighted by Crippen LogP contribution is 2.31. The van der Waals surface area contributed by atoms with Crippen LogP contribution >= 0.6 is 11.8 Å². The number of carbonyl (C=O) groups is 1. The monoisotopic (exact) mass is 345 g/mol. The summed E-state index contributed by atoms with van der Waals surface area (Å²) in [5, 5.41) is 3.83. The third kappa shape index (κ3) is 4.32. The largest absolute Gasteiger partial charge is 0.497 e. The lowest BCUT2D eigenvalue weighted by Gasteiger charge is -2.24. The van der Waals surface area contributed by atoms with Gasteiger partial charge in [-0.3, -0.25) is 4.79 Å². The van der Waals surface area contributed by atoms with Gasteiger partial charge < -0.3 is 14.6 Å². The molecule has 0 aliphatic heterocycles. The van der Waals surface area contributed by atoms with E-state index in [9.17, 15) is 4.79 Å². The molecule has 1 amide bonds. The van der Waals surface area contributed by atoms with Crippen molar-refractivity contribution in [1.29, 1.82) is 0 Å². The molecular weight excluding hydrogens is 322 g/mol. The van der Waals surface area contributed by atoms with Crippen LogP contribution in [0.3, 0.4) is 0 Å². The maximum absolute atomic E-state index is 12.2. The van der Waals surface area contributed by atoms with Gasteiger partial charge in [0.15, 0.2) is 5.16 Å². The molecule has 1 N–H and O–H groups in total. The molecule has 1 aromatic carbocycles. The fourth-order valence-corrected chi connectivity index (χ4v) is 3.90. The number of carbonyl (C=O) groups excluding carboxylic acids is 1. The predicted molar refractivity (Wildman–Crippen MR) is 96.7 cm³/mol. The first-order valence-electron chi connectivity index (χ1n) is 8.36. The molecule has 3 rings (SSSR count). The standard InChI is InChI=1S/C18H23N3O2S/c1-23-16-9-5-6-14(12-16)20-17(22)13-24-18-19-10-11-21(18)15-7-3-2-4-8-15/h5-6,9-12,15H,2-4,7-8,13H2,1H3,(H,20,22). The van der Waals surface area contributed by atoms with Crippen LogP contribution in [0.5, 0.6) is 5.75 Å². The number of ether oxygens (including phenoxy) is 1. The number of aromatic nitrogens is 2. The van der Waals surface area contributed by atoms with E-state index >= 15 is 0 Å². The molecule has 24 heavy (non-hydrogen) atoms. The van der Waals surface area contributed by atoms with Crippen LogP contribution in [-0.4, -0.2) is 28.3 Å². The number of amides is 1. The van der Waals surface area contributed by atoms with E-state index in [-0.39, 0.29) is 5.91 Å². The molecule has 2 aromatic rings. The van der Waals surface area contributed by atoms with Crippen LogP contribution in [0, 0.1) is 0 Å². The minimum Gasteiger partial charge on any atom is -0.497 e. The van der Waals surface area contributed by atoms with Gasteiger partial charge in [0.25, 0.3) is 0 Å². The van der Waals surface area contributed by atoms with E-state index in [1.807, 2.05) is 36.7 Å². The molecule has 1 saturated carbocycles. The fraction of sp³-hybridized carbons (Fsp3) is 0.444. The van der Waals surface area contributed by atoms with Crippen LogP contribution in [0.25, 0.3) is 0 Å². The van der Waals surface area contributed by atoms with Crippen molar-refractivity contribution in [2.24, 2.45) is 0 Å². The van der Waals surface area contributed by atoms with E-state index in [0.29, 0.717) is 11.8 Å². The number of hydrogen-bond donors (Lipinski definition) is 1. The minimum absolute atomic E-state index is 0.0357. The zero-order valence-corrected chi connectivity index (χ0v) is 14.7. The highest BCUT2D eigenvalue weighted by Gasteiger charge is 2.18. The first kappa shape index (κ1) is 16.9. The molecule has 1 aliphatic rings. The lowest BCUT2D eigenvalue weighted by atomic mass is 9.95. The van der Waals surface area contributed by atoms with Crippen molar-refractivity contribution in [3.63, 3.8) is 0 Å². The Labute approximate surface area is 146 Å². The summed E-state index contributed by atoms with van der Waals surface area (Å²) in [6.07, 6.45) is 10.2. The summed E-state index contributed by atoms with van der Waals surface area (Å²) >= 11 is 1.49. The number of nitrogens with one attached hydrogen (secondary N) is 1. The summed E-state index contributed by atoms with van der Waals surface area (Å²) in [5.74, 6) is 1.04. The zero-order valence-electron chi connectivity index (χ0n) is 13.9. The van der Waals surface area contributed by atoms with E-state index in [0.717, 1.165) is 16.6 Å². The number of methoxy groups -OCH3 is 1. The Kier molecular flexibility index (Phi) is 5.80. The topological polar surface area (TPSA) is 56.1 Å². The van der Waals surface area contributed by atoms with Gasteiger partial charge in [0, 0.05) is 30.2 Å². The summed E-state index contributed by atoms with van der Waals surface area (Å²) in [7, 11) is 1.61. The Bertz CT molecular complexity index is 680. The number of benzene rings is 1. The number of rotatable bonds is 6. The van der Waals surface area contributed by atoms with E-state index in [4.69, 9.17) is 4.74 Å². The zero-order chi connectivity index (χ0) is 16.8. The van der Waals surface area contributed by atoms with Crippen LogP contribution in [0.2, 0.25) is 0 Å². The normalized spacial score (nSPS) is 15.2. The molecule has 1 aromatic heterocycles. The summed E-state index contributed by atoms with van der Waals surface area (Å²) in [5.41, 5.74) is 0.746. The van der Waals surface area contributed by atoms with Gasteiger partial charge in [0.1, 0.15) is 5.75 Å². The first-order valence-corrected chi connectivity index (χ1v) is 9.34. The first-order chi connectivity index (χ1) is 11.8. The summed E-state index contributed by atoms with van der Waals surface area (Å²) in [4.78, 5) is 16.6. The lowest BCUT2D eigenvalue weighted by molar-refractivity contribution is -0.113. The number of hydrogen-bond acceptors (Lipinski definition) is 4. The molecule has 1 aliphatic carbocycles. The van der Waals surface area contributed by atoms with Crippen molar-refractivity contribution in [2.75, 3.05) is 18.2 Å². The van der Waals surface area contributed by atoms with Crippen molar-refractivity contribution in [3.05, 3.63) is 36.7 Å². The van der Waals surface area contributed by atoms with Crippen LogP contribution in [-0.2, 0) is 4.79 Å². The Morgan fingerprint density at radius 2 is 2.21 bits per heavy atom. The Morgan fingerprint density at radius 3 is 3.00 bits per heavy atom. The average molecular weight is 345 g/mol. The predicted octanol–water partition coefficient (Wildman–Crippen LogP) is 4.13. The Morgan fingerprint density at radius 1 is 1.38 bits per heavy atom. The number of imidazole rings is 1.